The van der Waals surface area contributed by atoms with Crippen LogP contribution in [0, 0.1) is 16.2 Å². The maximum absolute atomic E-state index is 12.6. The van der Waals surface area contributed by atoms with Crippen LogP contribution in [0.2, 0.25) is 0 Å². The summed E-state index contributed by atoms with van der Waals surface area (Å²) in [6, 6.07) is 43.6. The second-order valence-electron chi connectivity index (χ2n) is 20.4. The highest BCUT2D eigenvalue weighted by atomic mass is 16.6. The Labute approximate surface area is 396 Å². The van der Waals surface area contributed by atoms with E-state index in [-0.39, 0.29) is 17.9 Å². The summed E-state index contributed by atoms with van der Waals surface area (Å²) in [4.78, 5) is 37.5. The zero-order chi connectivity index (χ0) is 49.1. The van der Waals surface area contributed by atoms with Crippen molar-refractivity contribution in [2.45, 2.75) is 159 Å². The van der Waals surface area contributed by atoms with Gasteiger partial charge in [0, 0.05) is 0 Å². The number of benzene rings is 6. The van der Waals surface area contributed by atoms with Gasteiger partial charge in [0.25, 0.3) is 0 Å². The van der Waals surface area contributed by atoms with Crippen molar-refractivity contribution in [2.24, 2.45) is 16.2 Å². The second-order valence-corrected chi connectivity index (χ2v) is 20.4. The highest BCUT2D eigenvalue weighted by Gasteiger charge is 2.39. The van der Waals surface area contributed by atoms with E-state index in [4.69, 9.17) is 14.2 Å². The highest BCUT2D eigenvalue weighted by Crippen LogP contribution is 2.39. The quantitative estimate of drug-likeness (QED) is 0.0755. The minimum atomic E-state index is -0.631. The molecule has 6 nitrogen and oxygen atoms in total. The molecule has 6 aromatic carbocycles. The lowest BCUT2D eigenvalue weighted by molar-refractivity contribution is -0.173. The molecule has 0 spiro atoms. The molecule has 0 aliphatic heterocycles. The summed E-state index contributed by atoms with van der Waals surface area (Å²) >= 11 is 0. The Morgan fingerprint density at radius 1 is 0.348 bits per heavy atom. The standard InChI is InChI=1S/C21H28O2.C20H26O2.C19H24O2/c1-6-20(4,5)19(22)23-21(7-2,8-3)18-14-13-16-11-9-10-12-17(16)15-18;1-6-19(3,4)18(21)22-20(5,7-2)17-13-12-15-10-8-9-11-16(15)14-17;1-6-18(2,3)17(20)21-19(4,5)16-12-11-14-9-7-8-10-15(14)13-16/h9-15H,6-8H2,1-5H3;8-14H,6-7H2,1-5H3;7-13H,6H2,1-5H3. The molecule has 0 fully saturated rings. The lowest BCUT2D eigenvalue weighted by atomic mass is 9.85. The summed E-state index contributed by atoms with van der Waals surface area (Å²) in [6.45, 7) is 29.8. The molecule has 0 N–H and O–H groups in total. The first-order valence-corrected chi connectivity index (χ1v) is 24.1. The van der Waals surface area contributed by atoms with Gasteiger partial charge in [-0.15, -0.1) is 0 Å². The van der Waals surface area contributed by atoms with Crippen molar-refractivity contribution in [3.8, 4) is 0 Å². The van der Waals surface area contributed by atoms with Gasteiger partial charge in [0.2, 0.25) is 0 Å². The van der Waals surface area contributed by atoms with Crippen LogP contribution < -0.4 is 0 Å². The summed E-state index contributed by atoms with van der Waals surface area (Å²) in [5, 5.41) is 7.11. The molecule has 0 heterocycles. The third-order valence-electron chi connectivity index (χ3n) is 14.2. The molecule has 0 saturated carbocycles. The number of carbonyl (C=O) groups is 3. The Morgan fingerprint density at radius 3 is 1.05 bits per heavy atom. The fourth-order valence-electron chi connectivity index (χ4n) is 7.27. The summed E-state index contributed by atoms with van der Waals surface area (Å²) in [5.74, 6) is -0.396. The lowest BCUT2D eigenvalue weighted by Gasteiger charge is -2.35. The summed E-state index contributed by atoms with van der Waals surface area (Å²) in [6.07, 6.45) is 4.59. The maximum atomic E-state index is 12.6. The zero-order valence-electron chi connectivity index (χ0n) is 42.8. The van der Waals surface area contributed by atoms with Crippen LogP contribution in [0.1, 0.15) is 159 Å². The van der Waals surface area contributed by atoms with Crippen molar-refractivity contribution < 1.29 is 28.6 Å². The number of fused-ring (bicyclic) bond motifs is 3. The first-order valence-electron chi connectivity index (χ1n) is 24.1. The van der Waals surface area contributed by atoms with E-state index in [1.54, 1.807) is 0 Å². The Morgan fingerprint density at radius 2 is 0.667 bits per heavy atom. The van der Waals surface area contributed by atoms with Crippen molar-refractivity contribution in [2.75, 3.05) is 0 Å². The van der Waals surface area contributed by atoms with Crippen molar-refractivity contribution in [1.82, 2.24) is 0 Å². The molecular weight excluding hydrogens is 817 g/mol. The topological polar surface area (TPSA) is 78.9 Å². The minimum absolute atomic E-state index is 0.114. The van der Waals surface area contributed by atoms with Gasteiger partial charge in [0.1, 0.15) is 16.8 Å². The van der Waals surface area contributed by atoms with Gasteiger partial charge < -0.3 is 14.2 Å². The Balaban J connectivity index is 0.000000217. The molecule has 1 atom stereocenters. The van der Waals surface area contributed by atoms with Crippen LogP contribution in [0.15, 0.2) is 127 Å². The zero-order valence-corrected chi connectivity index (χ0v) is 42.8. The average Bonchev–Trinajstić information content (AvgIpc) is 3.32. The molecule has 0 bridgehead atoms. The second kappa shape index (κ2) is 21.9. The number of hydrogen-bond donors (Lipinski definition) is 0. The summed E-state index contributed by atoms with van der Waals surface area (Å²) in [7, 11) is 0. The fourth-order valence-corrected chi connectivity index (χ4v) is 7.27. The number of carbonyl (C=O) groups excluding carboxylic acids is 3. The Hall–Kier alpha value is -5.49. The van der Waals surface area contributed by atoms with E-state index < -0.39 is 33.0 Å². The van der Waals surface area contributed by atoms with Gasteiger partial charge in [-0.1, -0.05) is 151 Å². The number of esters is 3. The lowest BCUT2D eigenvalue weighted by Crippen LogP contribution is -2.37. The highest BCUT2D eigenvalue weighted by molar-refractivity contribution is 5.85. The molecule has 0 radical (unpaired) electrons. The monoisotopic (exact) mass is 895 g/mol. The summed E-state index contributed by atoms with van der Waals surface area (Å²) < 4.78 is 17.8. The van der Waals surface area contributed by atoms with Crippen molar-refractivity contribution in [3.05, 3.63) is 144 Å². The van der Waals surface area contributed by atoms with Gasteiger partial charge in [-0.05, 0) is 168 Å². The molecule has 6 heteroatoms. The molecule has 0 aliphatic carbocycles. The van der Waals surface area contributed by atoms with Crippen LogP contribution in [0.5, 0.6) is 0 Å². The van der Waals surface area contributed by atoms with Crippen molar-refractivity contribution in [1.29, 1.82) is 0 Å². The number of ether oxygens (including phenoxy) is 3. The van der Waals surface area contributed by atoms with Crippen LogP contribution in [-0.2, 0) is 45.4 Å². The van der Waals surface area contributed by atoms with Crippen LogP contribution in [0.3, 0.4) is 0 Å². The molecule has 0 amide bonds. The van der Waals surface area contributed by atoms with E-state index in [0.717, 1.165) is 60.6 Å². The predicted octanol–water partition coefficient (Wildman–Crippen LogP) is 16.3. The number of hydrogen-bond acceptors (Lipinski definition) is 6. The Kier molecular flexibility index (Phi) is 17.6. The fraction of sp³-hybridized carbons (Fsp3) is 0.450. The number of rotatable bonds is 15. The Bertz CT molecular complexity index is 2570. The normalized spacial score (nSPS) is 13.1. The van der Waals surface area contributed by atoms with Crippen LogP contribution in [0.4, 0.5) is 0 Å². The molecule has 6 aromatic rings. The molecule has 1 unspecified atom stereocenters. The van der Waals surface area contributed by atoms with E-state index >= 15 is 0 Å². The van der Waals surface area contributed by atoms with Crippen molar-refractivity contribution in [3.63, 3.8) is 0 Å². The van der Waals surface area contributed by atoms with Crippen LogP contribution in [-0.4, -0.2) is 17.9 Å². The van der Waals surface area contributed by atoms with E-state index in [1.165, 1.54) is 26.9 Å². The summed E-state index contributed by atoms with van der Waals surface area (Å²) in [5.41, 5.74) is 0.0273. The van der Waals surface area contributed by atoms with Gasteiger partial charge >= 0.3 is 17.9 Å². The molecule has 0 aromatic heterocycles. The average molecular weight is 895 g/mol. The molecule has 66 heavy (non-hydrogen) atoms. The SMILES string of the molecule is CCC(C)(C)C(=O)OC(C)(C)c1ccc2ccccc2c1.CCC(C)(C)C(=O)OC(C)(CC)c1ccc2ccccc2c1.CCC(C)(C)C(=O)OC(CC)(CC)c1ccc2ccccc2c1. The smallest absolute Gasteiger partial charge is 0.312 e. The van der Waals surface area contributed by atoms with Gasteiger partial charge in [-0.25, -0.2) is 0 Å². The van der Waals surface area contributed by atoms with Gasteiger partial charge in [-0.3, -0.25) is 14.4 Å². The van der Waals surface area contributed by atoms with E-state index in [1.807, 2.05) is 126 Å². The molecule has 0 aliphatic rings. The molecular formula is C60H78O6. The largest absolute Gasteiger partial charge is 0.454 e. The third-order valence-corrected chi connectivity index (χ3v) is 14.2. The van der Waals surface area contributed by atoms with Gasteiger partial charge in [-0.2, -0.15) is 0 Å². The van der Waals surface area contributed by atoms with E-state index in [2.05, 4.69) is 106 Å². The molecule has 354 valence electrons. The van der Waals surface area contributed by atoms with Gasteiger partial charge in [0.05, 0.1) is 16.2 Å². The van der Waals surface area contributed by atoms with E-state index in [9.17, 15) is 14.4 Å². The minimum Gasteiger partial charge on any atom is -0.454 e. The molecule has 6 rings (SSSR count). The van der Waals surface area contributed by atoms with Gasteiger partial charge in [0.15, 0.2) is 0 Å². The maximum Gasteiger partial charge on any atom is 0.312 e. The first kappa shape index (κ1) is 53.1. The third kappa shape index (κ3) is 12.7. The van der Waals surface area contributed by atoms with E-state index in [0.29, 0.717) is 0 Å². The van der Waals surface area contributed by atoms with Crippen molar-refractivity contribution >= 4 is 50.2 Å². The van der Waals surface area contributed by atoms with Crippen LogP contribution >= 0.6 is 0 Å². The first-order chi connectivity index (χ1) is 31.0. The van der Waals surface area contributed by atoms with Crippen LogP contribution in [0.25, 0.3) is 32.3 Å². The molecule has 0 saturated heterocycles. The predicted molar refractivity (Wildman–Crippen MR) is 275 cm³/mol.